The molecular formula is C13H15N3O2. The summed E-state index contributed by atoms with van der Waals surface area (Å²) in [6.45, 7) is 2.26. The van der Waals surface area contributed by atoms with Crippen LogP contribution in [0, 0.1) is 6.92 Å². The molecule has 5 heteroatoms. The van der Waals surface area contributed by atoms with Crippen molar-refractivity contribution in [2.24, 2.45) is 7.05 Å². The quantitative estimate of drug-likeness (QED) is 0.858. The Hall–Kier alpha value is -2.30. The molecule has 0 atom stereocenters. The molecule has 1 aromatic carbocycles. The van der Waals surface area contributed by atoms with E-state index >= 15 is 0 Å². The molecule has 0 radical (unpaired) electrons. The molecule has 0 spiro atoms. The number of aromatic nitrogens is 2. The van der Waals surface area contributed by atoms with Gasteiger partial charge in [0.25, 0.3) is 5.91 Å². The summed E-state index contributed by atoms with van der Waals surface area (Å²) in [6.07, 6.45) is 3.52. The minimum absolute atomic E-state index is 0.00992. The number of benzene rings is 1. The van der Waals surface area contributed by atoms with Gasteiger partial charge in [0, 0.05) is 25.4 Å². The Balaban J connectivity index is 2.05. The summed E-state index contributed by atoms with van der Waals surface area (Å²) >= 11 is 0. The number of nitrogens with zero attached hydrogens (tertiary/aromatic N) is 2. The zero-order valence-corrected chi connectivity index (χ0v) is 10.3. The molecule has 1 heterocycles. The van der Waals surface area contributed by atoms with E-state index < -0.39 is 0 Å². The Morgan fingerprint density at radius 3 is 2.94 bits per heavy atom. The number of carbonyl (C=O) groups is 1. The third-order valence-electron chi connectivity index (χ3n) is 2.61. The van der Waals surface area contributed by atoms with Gasteiger partial charge in [0.1, 0.15) is 5.75 Å². The van der Waals surface area contributed by atoms with E-state index in [4.69, 9.17) is 0 Å². The van der Waals surface area contributed by atoms with Crippen LogP contribution in [0.5, 0.6) is 5.75 Å². The number of aryl methyl sites for hydroxylation is 2. The summed E-state index contributed by atoms with van der Waals surface area (Å²) in [4.78, 5) is 11.9. The van der Waals surface area contributed by atoms with Crippen LogP contribution in [0.3, 0.4) is 0 Å². The molecule has 2 aromatic rings. The Bertz CT molecular complexity index is 575. The average Bonchev–Trinajstić information content (AvgIpc) is 2.75. The van der Waals surface area contributed by atoms with E-state index in [0.29, 0.717) is 12.1 Å². The van der Waals surface area contributed by atoms with Gasteiger partial charge in [-0.3, -0.25) is 9.48 Å². The molecule has 94 valence electrons. The number of phenolic OH excluding ortho intramolecular Hbond substituents is 1. The van der Waals surface area contributed by atoms with Crippen molar-refractivity contribution in [3.8, 4) is 5.75 Å². The number of hydrogen-bond donors (Lipinski definition) is 2. The molecule has 18 heavy (non-hydrogen) atoms. The first-order valence-electron chi connectivity index (χ1n) is 5.61. The summed E-state index contributed by atoms with van der Waals surface area (Å²) in [5.74, 6) is -0.302. The van der Waals surface area contributed by atoms with Crippen LogP contribution in [0.4, 0.5) is 0 Å². The van der Waals surface area contributed by atoms with Crippen molar-refractivity contribution >= 4 is 5.91 Å². The lowest BCUT2D eigenvalue weighted by atomic mass is 10.1. The molecular weight excluding hydrogens is 230 g/mol. The van der Waals surface area contributed by atoms with Gasteiger partial charge in [-0.1, -0.05) is 11.6 Å². The van der Waals surface area contributed by atoms with Crippen LogP contribution in [-0.2, 0) is 13.6 Å². The number of amides is 1. The Morgan fingerprint density at radius 2 is 2.28 bits per heavy atom. The SMILES string of the molecule is Cc1ccc(O)c(C(=O)NCc2cnn(C)c2)c1. The van der Waals surface area contributed by atoms with Crippen LogP contribution in [-0.4, -0.2) is 20.8 Å². The first-order chi connectivity index (χ1) is 8.56. The van der Waals surface area contributed by atoms with Crippen LogP contribution in [0.2, 0.25) is 0 Å². The smallest absolute Gasteiger partial charge is 0.255 e. The van der Waals surface area contributed by atoms with Gasteiger partial charge in [0.05, 0.1) is 11.8 Å². The highest BCUT2D eigenvalue weighted by atomic mass is 16.3. The highest BCUT2D eigenvalue weighted by Gasteiger charge is 2.11. The largest absolute Gasteiger partial charge is 0.507 e. The number of aromatic hydroxyl groups is 1. The molecule has 1 aromatic heterocycles. The maximum Gasteiger partial charge on any atom is 0.255 e. The molecule has 0 bridgehead atoms. The predicted molar refractivity (Wildman–Crippen MR) is 67.2 cm³/mol. The van der Waals surface area contributed by atoms with Crippen LogP contribution in [0.1, 0.15) is 21.5 Å². The van der Waals surface area contributed by atoms with Crippen LogP contribution < -0.4 is 5.32 Å². The average molecular weight is 245 g/mol. The van der Waals surface area contributed by atoms with Gasteiger partial charge >= 0.3 is 0 Å². The van der Waals surface area contributed by atoms with Crippen LogP contribution in [0.15, 0.2) is 30.6 Å². The fraction of sp³-hybridized carbons (Fsp3) is 0.231. The summed E-state index contributed by atoms with van der Waals surface area (Å²) in [6, 6.07) is 4.94. The van der Waals surface area contributed by atoms with Crippen molar-refractivity contribution in [3.63, 3.8) is 0 Å². The van der Waals surface area contributed by atoms with E-state index in [1.54, 1.807) is 23.0 Å². The molecule has 2 rings (SSSR count). The number of phenols is 1. The predicted octanol–water partition coefficient (Wildman–Crippen LogP) is 1.36. The van der Waals surface area contributed by atoms with Crippen molar-refractivity contribution < 1.29 is 9.90 Å². The van der Waals surface area contributed by atoms with Gasteiger partial charge in [-0.2, -0.15) is 5.10 Å². The topological polar surface area (TPSA) is 67.2 Å². The normalized spacial score (nSPS) is 10.3. The van der Waals surface area contributed by atoms with Crippen molar-refractivity contribution in [3.05, 3.63) is 47.3 Å². The fourth-order valence-electron chi connectivity index (χ4n) is 1.67. The highest BCUT2D eigenvalue weighted by molar-refractivity contribution is 5.96. The number of hydrogen-bond acceptors (Lipinski definition) is 3. The summed E-state index contributed by atoms with van der Waals surface area (Å²) < 4.78 is 1.67. The lowest BCUT2D eigenvalue weighted by molar-refractivity contribution is 0.0948. The van der Waals surface area contributed by atoms with Crippen LogP contribution >= 0.6 is 0 Å². The first-order valence-corrected chi connectivity index (χ1v) is 5.61. The maximum atomic E-state index is 11.9. The minimum Gasteiger partial charge on any atom is -0.507 e. The van der Waals surface area contributed by atoms with E-state index in [0.717, 1.165) is 11.1 Å². The number of nitrogens with one attached hydrogen (secondary N) is 1. The highest BCUT2D eigenvalue weighted by Crippen LogP contribution is 2.17. The molecule has 1 amide bonds. The molecule has 0 fully saturated rings. The van der Waals surface area contributed by atoms with Crippen molar-refractivity contribution in [1.82, 2.24) is 15.1 Å². The Labute approximate surface area is 105 Å². The summed E-state index contributed by atoms with van der Waals surface area (Å²) in [5, 5.41) is 16.4. The Morgan fingerprint density at radius 1 is 1.50 bits per heavy atom. The molecule has 0 aliphatic carbocycles. The van der Waals surface area contributed by atoms with Gasteiger partial charge in [0.15, 0.2) is 0 Å². The molecule has 0 unspecified atom stereocenters. The third-order valence-corrected chi connectivity index (χ3v) is 2.61. The number of rotatable bonds is 3. The standard InChI is InChI=1S/C13H15N3O2/c1-9-3-4-12(17)11(5-9)13(18)14-6-10-7-15-16(2)8-10/h3-5,7-8,17H,6H2,1-2H3,(H,14,18). The van der Waals surface area contributed by atoms with E-state index in [9.17, 15) is 9.90 Å². The summed E-state index contributed by atoms with van der Waals surface area (Å²) in [5.41, 5.74) is 2.14. The second-order valence-corrected chi connectivity index (χ2v) is 4.23. The zero-order chi connectivity index (χ0) is 13.1. The summed E-state index contributed by atoms with van der Waals surface area (Å²) in [7, 11) is 1.82. The van der Waals surface area contributed by atoms with Gasteiger partial charge in [0.2, 0.25) is 0 Å². The van der Waals surface area contributed by atoms with Crippen LogP contribution in [0.25, 0.3) is 0 Å². The van der Waals surface area contributed by atoms with Crippen molar-refractivity contribution in [2.45, 2.75) is 13.5 Å². The molecule has 0 saturated carbocycles. The lowest BCUT2D eigenvalue weighted by Crippen LogP contribution is -2.22. The van der Waals surface area contributed by atoms with Crippen molar-refractivity contribution in [2.75, 3.05) is 0 Å². The van der Waals surface area contributed by atoms with Gasteiger partial charge in [-0.05, 0) is 19.1 Å². The Kier molecular flexibility index (Phi) is 3.32. The van der Waals surface area contributed by atoms with Gasteiger partial charge in [-0.15, -0.1) is 0 Å². The van der Waals surface area contributed by atoms with E-state index in [1.165, 1.54) is 6.07 Å². The van der Waals surface area contributed by atoms with Crippen molar-refractivity contribution in [1.29, 1.82) is 0 Å². The number of carbonyl (C=O) groups excluding carboxylic acids is 1. The third kappa shape index (κ3) is 2.68. The second kappa shape index (κ2) is 4.91. The van der Waals surface area contributed by atoms with Gasteiger partial charge in [-0.25, -0.2) is 0 Å². The second-order valence-electron chi connectivity index (χ2n) is 4.23. The van der Waals surface area contributed by atoms with E-state index in [2.05, 4.69) is 10.4 Å². The molecule has 0 aliphatic heterocycles. The van der Waals surface area contributed by atoms with Gasteiger partial charge < -0.3 is 10.4 Å². The van der Waals surface area contributed by atoms with E-state index in [1.807, 2.05) is 20.2 Å². The molecule has 5 nitrogen and oxygen atoms in total. The monoisotopic (exact) mass is 245 g/mol. The first kappa shape index (κ1) is 12.2. The lowest BCUT2D eigenvalue weighted by Gasteiger charge is -2.06. The molecule has 0 saturated heterocycles. The minimum atomic E-state index is -0.292. The molecule has 2 N–H and O–H groups in total. The maximum absolute atomic E-state index is 11.9. The fourth-order valence-corrected chi connectivity index (χ4v) is 1.67. The molecule has 0 aliphatic rings. The van der Waals surface area contributed by atoms with E-state index in [-0.39, 0.29) is 11.7 Å². The zero-order valence-electron chi connectivity index (χ0n) is 10.3.